The van der Waals surface area contributed by atoms with Gasteiger partial charge in [0.05, 0.1) is 10.8 Å². The molecule has 0 saturated carbocycles. The zero-order valence-electron chi connectivity index (χ0n) is 9.15. The first-order chi connectivity index (χ1) is 7.97. The smallest absolute Gasteiger partial charge is 0.319 e. The number of benzene rings is 1. The number of rotatable bonds is 5. The van der Waals surface area contributed by atoms with Crippen molar-refractivity contribution in [3.05, 3.63) is 34.6 Å². The largest absolute Gasteiger partial charge is 0.480 e. The van der Waals surface area contributed by atoms with Gasteiger partial charge in [-0.05, 0) is 12.5 Å². The van der Waals surface area contributed by atoms with Gasteiger partial charge in [0.25, 0.3) is 0 Å². The highest BCUT2D eigenvalue weighted by molar-refractivity contribution is 7.85. The van der Waals surface area contributed by atoms with E-state index in [1.54, 1.807) is 13.0 Å². The molecule has 0 fully saturated rings. The summed E-state index contributed by atoms with van der Waals surface area (Å²) >= 11 is 5.58. The second kappa shape index (κ2) is 6.12. The average Bonchev–Trinajstić information content (AvgIpc) is 2.25. The highest BCUT2D eigenvalue weighted by Crippen LogP contribution is 2.20. The van der Waals surface area contributed by atoms with Crippen LogP contribution in [0.2, 0.25) is 5.02 Å². The first-order valence-electron chi connectivity index (χ1n) is 5.00. The van der Waals surface area contributed by atoms with Crippen molar-refractivity contribution in [1.82, 2.24) is 0 Å². The SMILES string of the molecule is CCC(C(=O)O)S(=O)Cc1cccc(Cl)c1F. The number of carboxylic acid groups (broad SMARTS) is 1. The highest BCUT2D eigenvalue weighted by atomic mass is 35.5. The van der Waals surface area contributed by atoms with Crippen molar-refractivity contribution >= 4 is 28.4 Å². The molecule has 1 aromatic rings. The van der Waals surface area contributed by atoms with Crippen LogP contribution in [0.4, 0.5) is 4.39 Å². The zero-order valence-corrected chi connectivity index (χ0v) is 10.7. The van der Waals surface area contributed by atoms with Gasteiger partial charge >= 0.3 is 5.97 Å². The Morgan fingerprint density at radius 3 is 2.76 bits per heavy atom. The summed E-state index contributed by atoms with van der Waals surface area (Å²) in [4.78, 5) is 10.8. The molecule has 2 unspecified atom stereocenters. The summed E-state index contributed by atoms with van der Waals surface area (Å²) in [5.41, 5.74) is 0.176. The fourth-order valence-electron chi connectivity index (χ4n) is 1.39. The summed E-state index contributed by atoms with van der Waals surface area (Å²) < 4.78 is 25.3. The van der Waals surface area contributed by atoms with Gasteiger partial charge in [0.15, 0.2) is 0 Å². The maximum Gasteiger partial charge on any atom is 0.319 e. The average molecular weight is 279 g/mol. The number of aliphatic carboxylic acids is 1. The van der Waals surface area contributed by atoms with Gasteiger partial charge in [0.1, 0.15) is 11.1 Å². The van der Waals surface area contributed by atoms with Crippen molar-refractivity contribution in [2.24, 2.45) is 0 Å². The predicted octanol–water partition coefficient (Wildman–Crippen LogP) is 2.59. The Kier molecular flexibility index (Phi) is 5.08. The zero-order chi connectivity index (χ0) is 13.0. The van der Waals surface area contributed by atoms with E-state index in [0.29, 0.717) is 0 Å². The van der Waals surface area contributed by atoms with Gasteiger partial charge < -0.3 is 5.11 Å². The Balaban J connectivity index is 2.88. The molecule has 0 aliphatic rings. The molecule has 2 atom stereocenters. The molecule has 1 aromatic carbocycles. The number of carboxylic acids is 1. The van der Waals surface area contributed by atoms with E-state index < -0.39 is 27.8 Å². The highest BCUT2D eigenvalue weighted by Gasteiger charge is 2.23. The van der Waals surface area contributed by atoms with Crippen LogP contribution in [-0.4, -0.2) is 20.5 Å². The number of halogens is 2. The van der Waals surface area contributed by atoms with E-state index >= 15 is 0 Å². The van der Waals surface area contributed by atoms with Crippen molar-refractivity contribution in [1.29, 1.82) is 0 Å². The molecule has 17 heavy (non-hydrogen) atoms. The topological polar surface area (TPSA) is 54.4 Å². The molecule has 0 aromatic heterocycles. The third-order valence-electron chi connectivity index (χ3n) is 2.29. The van der Waals surface area contributed by atoms with Gasteiger partial charge in [0.2, 0.25) is 0 Å². The lowest BCUT2D eigenvalue weighted by atomic mass is 10.2. The molecule has 0 aliphatic heterocycles. The second-order valence-corrected chi connectivity index (χ2v) is 5.50. The standard InChI is InChI=1S/C11H12ClFO3S/c1-2-9(11(14)15)17(16)6-7-4-3-5-8(12)10(7)13/h3-5,9H,2,6H2,1H3,(H,14,15). The number of hydrogen-bond donors (Lipinski definition) is 1. The van der Waals surface area contributed by atoms with Crippen molar-refractivity contribution in [2.45, 2.75) is 24.3 Å². The molecule has 0 saturated heterocycles. The predicted molar refractivity (Wildman–Crippen MR) is 65.0 cm³/mol. The second-order valence-electron chi connectivity index (χ2n) is 3.47. The minimum Gasteiger partial charge on any atom is -0.480 e. The molecule has 0 spiro atoms. The Bertz CT molecular complexity index is 450. The lowest BCUT2D eigenvalue weighted by Crippen LogP contribution is -2.25. The van der Waals surface area contributed by atoms with Crippen LogP contribution in [0, 0.1) is 5.82 Å². The monoisotopic (exact) mass is 278 g/mol. The minimum absolute atomic E-state index is 0.0529. The Morgan fingerprint density at radius 1 is 1.59 bits per heavy atom. The Morgan fingerprint density at radius 2 is 2.24 bits per heavy atom. The van der Waals surface area contributed by atoms with E-state index in [2.05, 4.69) is 0 Å². The van der Waals surface area contributed by atoms with Crippen LogP contribution in [-0.2, 0) is 21.3 Å². The minimum atomic E-state index is -1.66. The molecule has 94 valence electrons. The molecular weight excluding hydrogens is 267 g/mol. The Labute approximate surface area is 106 Å². The van der Waals surface area contributed by atoms with Crippen LogP contribution in [0.3, 0.4) is 0 Å². The maximum absolute atomic E-state index is 13.5. The third-order valence-corrected chi connectivity index (χ3v) is 4.35. The van der Waals surface area contributed by atoms with Gasteiger partial charge in [-0.2, -0.15) is 0 Å². The molecule has 1 N–H and O–H groups in total. The van der Waals surface area contributed by atoms with Crippen LogP contribution in [0.15, 0.2) is 18.2 Å². The molecule has 0 bridgehead atoms. The van der Waals surface area contributed by atoms with E-state index in [4.69, 9.17) is 16.7 Å². The van der Waals surface area contributed by atoms with Crippen LogP contribution in [0.5, 0.6) is 0 Å². The van der Waals surface area contributed by atoms with E-state index in [1.165, 1.54) is 12.1 Å². The van der Waals surface area contributed by atoms with E-state index in [9.17, 15) is 13.4 Å². The summed E-state index contributed by atoms with van der Waals surface area (Å²) in [6.45, 7) is 1.63. The van der Waals surface area contributed by atoms with Crippen molar-refractivity contribution in [2.75, 3.05) is 0 Å². The molecule has 3 nitrogen and oxygen atoms in total. The molecule has 1 rings (SSSR count). The first kappa shape index (κ1) is 14.1. The lowest BCUT2D eigenvalue weighted by Gasteiger charge is -2.10. The fourth-order valence-corrected chi connectivity index (χ4v) is 2.91. The quantitative estimate of drug-likeness (QED) is 0.901. The van der Waals surface area contributed by atoms with Crippen LogP contribution in [0.1, 0.15) is 18.9 Å². The summed E-state index contributed by atoms with van der Waals surface area (Å²) in [7, 11) is -1.66. The summed E-state index contributed by atoms with van der Waals surface area (Å²) in [5, 5.41) is 7.80. The summed E-state index contributed by atoms with van der Waals surface area (Å²) in [6.07, 6.45) is 0.240. The molecule has 0 radical (unpaired) electrons. The van der Waals surface area contributed by atoms with Crippen molar-refractivity contribution < 1.29 is 18.5 Å². The van der Waals surface area contributed by atoms with Gasteiger partial charge in [-0.1, -0.05) is 30.7 Å². The van der Waals surface area contributed by atoms with Gasteiger partial charge in [0, 0.05) is 16.4 Å². The summed E-state index contributed by atoms with van der Waals surface area (Å²) in [6, 6.07) is 4.38. The molecule has 6 heteroatoms. The fraction of sp³-hybridized carbons (Fsp3) is 0.364. The number of hydrogen-bond acceptors (Lipinski definition) is 2. The number of carbonyl (C=O) groups is 1. The van der Waals surface area contributed by atoms with Crippen LogP contribution >= 0.6 is 11.6 Å². The molecular formula is C11H12ClFO3S. The lowest BCUT2D eigenvalue weighted by molar-refractivity contribution is -0.136. The van der Waals surface area contributed by atoms with E-state index in [1.807, 2.05) is 0 Å². The maximum atomic E-state index is 13.5. The van der Waals surface area contributed by atoms with Gasteiger partial charge in [-0.3, -0.25) is 9.00 Å². The van der Waals surface area contributed by atoms with Crippen LogP contribution < -0.4 is 0 Å². The van der Waals surface area contributed by atoms with E-state index in [-0.39, 0.29) is 22.8 Å². The van der Waals surface area contributed by atoms with Gasteiger partial charge in [-0.15, -0.1) is 0 Å². The third kappa shape index (κ3) is 3.51. The summed E-state index contributed by atoms with van der Waals surface area (Å²) in [5.74, 6) is -1.91. The molecule has 0 heterocycles. The van der Waals surface area contributed by atoms with Crippen molar-refractivity contribution in [3.63, 3.8) is 0 Å². The van der Waals surface area contributed by atoms with E-state index in [0.717, 1.165) is 0 Å². The normalized spacial score (nSPS) is 14.3. The van der Waals surface area contributed by atoms with Crippen LogP contribution in [0.25, 0.3) is 0 Å². The van der Waals surface area contributed by atoms with Crippen molar-refractivity contribution in [3.8, 4) is 0 Å². The first-order valence-corrected chi connectivity index (χ1v) is 6.76. The Hall–Kier alpha value is -0.940. The molecule has 0 amide bonds. The molecule has 0 aliphatic carbocycles. The van der Waals surface area contributed by atoms with Gasteiger partial charge in [-0.25, -0.2) is 4.39 Å².